The van der Waals surface area contributed by atoms with Gasteiger partial charge < -0.3 is 9.47 Å². The first-order chi connectivity index (χ1) is 5.63. The molecule has 0 saturated carbocycles. The Hall–Kier alpha value is -0.770. The Balaban J connectivity index is 3.91. The summed E-state index contributed by atoms with van der Waals surface area (Å²) in [6, 6.07) is 0. The number of carbonyl (C=O) groups excluding carboxylic acids is 2. The minimum Gasteiger partial charge on any atom is -0.464 e. The molecule has 0 aliphatic heterocycles. The van der Waals surface area contributed by atoms with Crippen LogP contribution in [0.1, 0.15) is 13.8 Å². The van der Waals surface area contributed by atoms with Crippen LogP contribution >= 0.6 is 11.6 Å². The molecule has 0 saturated heterocycles. The Morgan fingerprint density at radius 3 is 1.67 bits per heavy atom. The van der Waals surface area contributed by atoms with E-state index in [1.165, 1.54) is 0 Å². The van der Waals surface area contributed by atoms with Gasteiger partial charge in [-0.1, -0.05) is 11.6 Å². The smallest absolute Gasteiger partial charge is 0.342 e. The molecule has 0 spiro atoms. The van der Waals surface area contributed by atoms with Crippen LogP contribution in [0.4, 0.5) is 0 Å². The summed E-state index contributed by atoms with van der Waals surface area (Å²) in [6.45, 7) is 3.59. The summed E-state index contributed by atoms with van der Waals surface area (Å²) in [5.74, 6) is -1.70. The lowest BCUT2D eigenvalue weighted by molar-refractivity contribution is -0.148. The maximum Gasteiger partial charge on any atom is 0.342 e. The van der Waals surface area contributed by atoms with Gasteiger partial charge in [0.15, 0.2) is 0 Å². The lowest BCUT2D eigenvalue weighted by atomic mass is 10.4. The highest BCUT2D eigenvalue weighted by molar-refractivity contribution is 6.49. The average molecular weight is 194 g/mol. The SMILES string of the molecule is CCOC(=O)[C](Cl)C(=O)OCC. The number of hydrogen-bond donors (Lipinski definition) is 0. The molecule has 0 aliphatic rings. The molecule has 0 heterocycles. The standard InChI is InChI=1S/C7H10ClO4/c1-3-11-6(9)5(8)7(10)12-4-2/h3-4H2,1-2H3. The second-order valence-electron chi connectivity index (χ2n) is 1.75. The molecule has 0 aromatic carbocycles. The van der Waals surface area contributed by atoms with Crippen LogP contribution in [0.3, 0.4) is 0 Å². The number of esters is 2. The fraction of sp³-hybridized carbons (Fsp3) is 0.571. The van der Waals surface area contributed by atoms with E-state index in [1.54, 1.807) is 13.8 Å². The van der Waals surface area contributed by atoms with Crippen molar-refractivity contribution in [3.05, 3.63) is 5.38 Å². The molecule has 0 bridgehead atoms. The molecule has 4 nitrogen and oxygen atoms in total. The number of rotatable bonds is 4. The summed E-state index contributed by atoms with van der Waals surface area (Å²) in [5.41, 5.74) is 0. The Kier molecular flexibility index (Phi) is 5.45. The molecule has 0 aromatic rings. The van der Waals surface area contributed by atoms with E-state index in [2.05, 4.69) is 9.47 Å². The number of hydrogen-bond acceptors (Lipinski definition) is 4. The molecule has 0 N–H and O–H groups in total. The Morgan fingerprint density at radius 2 is 1.42 bits per heavy atom. The molecule has 0 fully saturated rings. The quantitative estimate of drug-likeness (QED) is 0.492. The van der Waals surface area contributed by atoms with Crippen LogP contribution in [-0.2, 0) is 19.1 Å². The normalized spacial score (nSPS) is 9.67. The Bertz CT molecular complexity index is 151. The Morgan fingerprint density at radius 1 is 1.08 bits per heavy atom. The van der Waals surface area contributed by atoms with E-state index < -0.39 is 17.3 Å². The fourth-order valence-electron chi connectivity index (χ4n) is 0.472. The predicted octanol–water partition coefficient (Wildman–Crippen LogP) is 0.883. The fourth-order valence-corrected chi connectivity index (χ4v) is 0.581. The van der Waals surface area contributed by atoms with E-state index in [9.17, 15) is 9.59 Å². The third-order valence-electron chi connectivity index (χ3n) is 0.909. The van der Waals surface area contributed by atoms with Crippen molar-refractivity contribution in [2.75, 3.05) is 13.2 Å². The average Bonchev–Trinajstić information content (AvgIpc) is 2.04. The summed E-state index contributed by atoms with van der Waals surface area (Å²) >= 11 is 5.31. The van der Waals surface area contributed by atoms with E-state index in [1.807, 2.05) is 0 Å². The van der Waals surface area contributed by atoms with Gasteiger partial charge in [-0.2, -0.15) is 0 Å². The second kappa shape index (κ2) is 5.83. The van der Waals surface area contributed by atoms with Gasteiger partial charge in [0, 0.05) is 0 Å². The van der Waals surface area contributed by atoms with E-state index in [-0.39, 0.29) is 13.2 Å². The molecular weight excluding hydrogens is 184 g/mol. The second-order valence-corrected chi connectivity index (χ2v) is 2.13. The minimum absolute atomic E-state index is 0.175. The summed E-state index contributed by atoms with van der Waals surface area (Å²) in [4.78, 5) is 21.5. The van der Waals surface area contributed by atoms with Crippen LogP contribution in [0, 0.1) is 5.38 Å². The number of carbonyl (C=O) groups is 2. The first kappa shape index (κ1) is 11.2. The van der Waals surface area contributed by atoms with E-state index in [0.29, 0.717) is 0 Å². The van der Waals surface area contributed by atoms with Crippen LogP contribution in [0.5, 0.6) is 0 Å². The molecule has 5 heteroatoms. The van der Waals surface area contributed by atoms with Gasteiger partial charge in [0.05, 0.1) is 13.2 Å². The molecule has 0 aromatic heterocycles. The lowest BCUT2D eigenvalue weighted by Crippen LogP contribution is -2.21. The van der Waals surface area contributed by atoms with E-state index in [0.717, 1.165) is 0 Å². The van der Waals surface area contributed by atoms with Gasteiger partial charge in [0.25, 0.3) is 5.38 Å². The summed E-state index contributed by atoms with van der Waals surface area (Å²) in [5, 5.41) is -0.543. The first-order valence-corrected chi connectivity index (χ1v) is 3.88. The number of halogens is 1. The zero-order valence-corrected chi connectivity index (χ0v) is 7.68. The van der Waals surface area contributed by atoms with Crippen molar-refractivity contribution < 1.29 is 19.1 Å². The molecule has 12 heavy (non-hydrogen) atoms. The minimum atomic E-state index is -0.849. The maximum absolute atomic E-state index is 10.8. The molecule has 0 atom stereocenters. The van der Waals surface area contributed by atoms with Crippen molar-refractivity contribution in [2.45, 2.75) is 13.8 Å². The topological polar surface area (TPSA) is 52.6 Å². The van der Waals surface area contributed by atoms with Crippen molar-refractivity contribution in [1.82, 2.24) is 0 Å². The van der Waals surface area contributed by atoms with Crippen molar-refractivity contribution in [3.8, 4) is 0 Å². The van der Waals surface area contributed by atoms with Crippen LogP contribution in [0.2, 0.25) is 0 Å². The van der Waals surface area contributed by atoms with Gasteiger partial charge in [-0.25, -0.2) is 9.59 Å². The molecule has 1 radical (unpaired) electrons. The molecule has 0 aliphatic carbocycles. The third-order valence-corrected chi connectivity index (χ3v) is 1.22. The zero-order valence-electron chi connectivity index (χ0n) is 6.93. The zero-order chi connectivity index (χ0) is 9.56. The molecule has 0 rings (SSSR count). The van der Waals surface area contributed by atoms with E-state index >= 15 is 0 Å². The van der Waals surface area contributed by atoms with Crippen molar-refractivity contribution in [3.63, 3.8) is 0 Å². The maximum atomic E-state index is 10.8. The van der Waals surface area contributed by atoms with Crippen molar-refractivity contribution in [2.24, 2.45) is 0 Å². The van der Waals surface area contributed by atoms with Crippen LogP contribution in [-0.4, -0.2) is 25.2 Å². The molecule has 0 unspecified atom stereocenters. The van der Waals surface area contributed by atoms with Gasteiger partial charge in [-0.3, -0.25) is 0 Å². The highest BCUT2D eigenvalue weighted by Gasteiger charge is 2.28. The van der Waals surface area contributed by atoms with Crippen LogP contribution in [0.15, 0.2) is 0 Å². The summed E-state index contributed by atoms with van der Waals surface area (Å²) < 4.78 is 8.92. The Labute approximate surface area is 75.8 Å². The largest absolute Gasteiger partial charge is 0.464 e. The predicted molar refractivity (Wildman–Crippen MR) is 42.4 cm³/mol. The van der Waals surface area contributed by atoms with Gasteiger partial charge in [-0.15, -0.1) is 0 Å². The summed E-state index contributed by atoms with van der Waals surface area (Å²) in [7, 11) is 0. The van der Waals surface area contributed by atoms with Gasteiger partial charge in [0.1, 0.15) is 0 Å². The monoisotopic (exact) mass is 193 g/mol. The summed E-state index contributed by atoms with van der Waals surface area (Å²) in [6.07, 6.45) is 0. The highest BCUT2D eigenvalue weighted by atomic mass is 35.5. The molecule has 69 valence electrons. The van der Waals surface area contributed by atoms with Gasteiger partial charge in [0.2, 0.25) is 0 Å². The lowest BCUT2D eigenvalue weighted by Gasteiger charge is -2.05. The highest BCUT2D eigenvalue weighted by Crippen LogP contribution is 2.10. The first-order valence-electron chi connectivity index (χ1n) is 3.50. The van der Waals surface area contributed by atoms with Crippen LogP contribution < -0.4 is 0 Å². The van der Waals surface area contributed by atoms with Gasteiger partial charge in [-0.05, 0) is 13.8 Å². The van der Waals surface area contributed by atoms with Crippen molar-refractivity contribution >= 4 is 23.5 Å². The third kappa shape index (κ3) is 3.57. The van der Waals surface area contributed by atoms with Crippen molar-refractivity contribution in [1.29, 1.82) is 0 Å². The van der Waals surface area contributed by atoms with Gasteiger partial charge >= 0.3 is 11.9 Å². The van der Waals surface area contributed by atoms with Crippen LogP contribution in [0.25, 0.3) is 0 Å². The number of ether oxygens (including phenoxy) is 2. The molecular formula is C7H10ClO4. The molecule has 0 amide bonds. The van der Waals surface area contributed by atoms with E-state index in [4.69, 9.17) is 11.6 Å².